The Balaban J connectivity index is 1.66. The van der Waals surface area contributed by atoms with Gasteiger partial charge in [0.25, 0.3) is 0 Å². The summed E-state index contributed by atoms with van der Waals surface area (Å²) in [5.41, 5.74) is 0.498. The monoisotopic (exact) mass is 434 g/mol. The summed E-state index contributed by atoms with van der Waals surface area (Å²) >= 11 is 6.19. The molecule has 0 spiro atoms. The number of urea groups is 1. The van der Waals surface area contributed by atoms with Crippen molar-refractivity contribution in [2.24, 2.45) is 0 Å². The normalized spacial score (nSPS) is 13.8. The number of nitrogens with one attached hydrogen (secondary N) is 1. The van der Waals surface area contributed by atoms with E-state index in [4.69, 9.17) is 21.1 Å². The van der Waals surface area contributed by atoms with Gasteiger partial charge in [0, 0.05) is 52.4 Å². The Morgan fingerprint density at radius 1 is 1.07 bits per heavy atom. The quantitative estimate of drug-likeness (QED) is 0.774. The van der Waals surface area contributed by atoms with Crippen molar-refractivity contribution in [2.45, 2.75) is 6.92 Å². The summed E-state index contributed by atoms with van der Waals surface area (Å²) in [4.78, 5) is 27.6. The molecule has 1 N–H and O–H groups in total. The molecule has 1 aliphatic heterocycles. The number of aromatic nitrogens is 2. The maximum atomic E-state index is 12.8. The maximum absolute atomic E-state index is 12.8. The van der Waals surface area contributed by atoms with Gasteiger partial charge in [0.15, 0.2) is 0 Å². The summed E-state index contributed by atoms with van der Waals surface area (Å²) in [6.45, 7) is 4.37. The number of aryl methyl sites for hydroxylation is 1. The third-order valence-corrected chi connectivity index (χ3v) is 5.17. The highest BCUT2D eigenvalue weighted by Crippen LogP contribution is 2.36. The van der Waals surface area contributed by atoms with Crippen LogP contribution in [0.2, 0.25) is 5.02 Å². The van der Waals surface area contributed by atoms with Crippen LogP contribution in [0.1, 0.15) is 5.82 Å². The number of hydrogen-bond donors (Lipinski definition) is 1. The van der Waals surface area contributed by atoms with Crippen molar-refractivity contribution < 1.29 is 14.3 Å². The Morgan fingerprint density at radius 3 is 2.33 bits per heavy atom. The first kappa shape index (κ1) is 21.8. The number of carbonyl (C=O) groups excluding carboxylic acids is 1. The summed E-state index contributed by atoms with van der Waals surface area (Å²) < 4.78 is 10.5. The van der Waals surface area contributed by atoms with Crippen LogP contribution in [0, 0.1) is 6.92 Å². The van der Waals surface area contributed by atoms with E-state index in [1.165, 1.54) is 14.2 Å². The van der Waals surface area contributed by atoms with Crippen LogP contribution in [0.3, 0.4) is 0 Å². The minimum absolute atomic E-state index is 0.206. The van der Waals surface area contributed by atoms with Gasteiger partial charge >= 0.3 is 6.03 Å². The molecule has 0 bridgehead atoms. The van der Waals surface area contributed by atoms with Gasteiger partial charge in [-0.1, -0.05) is 11.6 Å². The molecule has 0 unspecified atom stereocenters. The first-order valence-electron chi connectivity index (χ1n) is 9.57. The number of hydrogen-bond acceptors (Lipinski definition) is 7. The number of ether oxygens (including phenoxy) is 2. The fraction of sp³-hybridized carbons (Fsp3) is 0.450. The minimum atomic E-state index is -0.206. The molecule has 0 radical (unpaired) electrons. The van der Waals surface area contributed by atoms with Crippen molar-refractivity contribution in [2.75, 3.05) is 69.6 Å². The zero-order valence-corrected chi connectivity index (χ0v) is 18.7. The van der Waals surface area contributed by atoms with Crippen LogP contribution < -0.4 is 24.6 Å². The minimum Gasteiger partial charge on any atom is -0.495 e. The number of methoxy groups -OCH3 is 2. The van der Waals surface area contributed by atoms with Gasteiger partial charge in [-0.3, -0.25) is 0 Å². The molecule has 1 saturated heterocycles. The molecule has 1 fully saturated rings. The highest BCUT2D eigenvalue weighted by Gasteiger charge is 2.24. The fourth-order valence-corrected chi connectivity index (χ4v) is 3.46. The third kappa shape index (κ3) is 4.79. The molecule has 9 nitrogen and oxygen atoms in total. The van der Waals surface area contributed by atoms with E-state index in [1.807, 2.05) is 32.0 Å². The molecule has 30 heavy (non-hydrogen) atoms. The molecule has 2 heterocycles. The standard InChI is InChI=1S/C20H27ClN6O3/c1-13-22-18(25(2)3)12-19(23-13)26-6-8-27(9-7-26)20(28)24-15-10-14(21)16(29-4)11-17(15)30-5/h10-12H,6-9H2,1-5H3,(H,24,28). The van der Waals surface area contributed by atoms with Crippen molar-refractivity contribution >= 4 is 35.0 Å². The molecule has 162 valence electrons. The first-order valence-corrected chi connectivity index (χ1v) is 9.95. The van der Waals surface area contributed by atoms with E-state index < -0.39 is 0 Å². The van der Waals surface area contributed by atoms with Gasteiger partial charge < -0.3 is 29.5 Å². The van der Waals surface area contributed by atoms with Crippen LogP contribution in [0.5, 0.6) is 11.5 Å². The lowest BCUT2D eigenvalue weighted by Gasteiger charge is -2.35. The van der Waals surface area contributed by atoms with Gasteiger partial charge in [0.2, 0.25) is 0 Å². The van der Waals surface area contributed by atoms with Gasteiger partial charge in [-0.2, -0.15) is 0 Å². The van der Waals surface area contributed by atoms with Crippen LogP contribution >= 0.6 is 11.6 Å². The molecule has 3 rings (SSSR count). The molecule has 1 aromatic carbocycles. The highest BCUT2D eigenvalue weighted by molar-refractivity contribution is 6.32. The molecule has 1 aliphatic rings. The van der Waals surface area contributed by atoms with E-state index >= 15 is 0 Å². The largest absolute Gasteiger partial charge is 0.495 e. The van der Waals surface area contributed by atoms with Gasteiger partial charge in [0.1, 0.15) is 29.0 Å². The average molecular weight is 435 g/mol. The van der Waals surface area contributed by atoms with Crippen molar-refractivity contribution in [1.82, 2.24) is 14.9 Å². The molecule has 2 amide bonds. The second kappa shape index (κ2) is 9.25. The Morgan fingerprint density at radius 2 is 1.73 bits per heavy atom. The topological polar surface area (TPSA) is 83.1 Å². The summed E-state index contributed by atoms with van der Waals surface area (Å²) in [7, 11) is 6.96. The van der Waals surface area contributed by atoms with Gasteiger partial charge in [-0.25, -0.2) is 14.8 Å². The highest BCUT2D eigenvalue weighted by atomic mass is 35.5. The maximum Gasteiger partial charge on any atom is 0.322 e. The lowest BCUT2D eigenvalue weighted by atomic mass is 10.2. The van der Waals surface area contributed by atoms with Crippen LogP contribution in [0.4, 0.5) is 22.1 Å². The van der Waals surface area contributed by atoms with Crippen molar-refractivity contribution in [1.29, 1.82) is 0 Å². The second-order valence-electron chi connectivity index (χ2n) is 7.12. The smallest absolute Gasteiger partial charge is 0.322 e. The van der Waals surface area contributed by atoms with Gasteiger partial charge in [-0.05, 0) is 13.0 Å². The molecule has 1 aromatic heterocycles. The summed E-state index contributed by atoms with van der Waals surface area (Å²) in [6, 6.07) is 5.03. The second-order valence-corrected chi connectivity index (χ2v) is 7.52. The number of rotatable bonds is 5. The van der Waals surface area contributed by atoms with Crippen molar-refractivity contribution in [3.05, 3.63) is 29.0 Å². The average Bonchev–Trinajstić information content (AvgIpc) is 2.73. The van der Waals surface area contributed by atoms with Gasteiger partial charge in [-0.15, -0.1) is 0 Å². The molecule has 2 aromatic rings. The van der Waals surface area contributed by atoms with Gasteiger partial charge in [0.05, 0.1) is 24.9 Å². The number of benzene rings is 1. The van der Waals surface area contributed by atoms with E-state index in [2.05, 4.69) is 20.2 Å². The lowest BCUT2D eigenvalue weighted by molar-refractivity contribution is 0.208. The Bertz CT molecular complexity index is 916. The molecule has 0 atom stereocenters. The van der Waals surface area contributed by atoms with E-state index in [9.17, 15) is 4.79 Å². The van der Waals surface area contributed by atoms with Crippen molar-refractivity contribution in [3.8, 4) is 11.5 Å². The van der Waals surface area contributed by atoms with E-state index in [0.29, 0.717) is 48.4 Å². The molecule has 0 aliphatic carbocycles. The number of amides is 2. The lowest BCUT2D eigenvalue weighted by Crippen LogP contribution is -2.50. The number of piperazine rings is 1. The van der Waals surface area contributed by atoms with Crippen molar-refractivity contribution in [3.63, 3.8) is 0 Å². The first-order chi connectivity index (χ1) is 14.3. The molecule has 0 saturated carbocycles. The van der Waals surface area contributed by atoms with Crippen LogP contribution in [0.15, 0.2) is 18.2 Å². The molecule has 10 heteroatoms. The van der Waals surface area contributed by atoms with E-state index in [1.54, 1.807) is 17.0 Å². The zero-order valence-electron chi connectivity index (χ0n) is 17.9. The molecular weight excluding hydrogens is 408 g/mol. The third-order valence-electron chi connectivity index (χ3n) is 4.88. The Labute approximate surface area is 181 Å². The van der Waals surface area contributed by atoms with Crippen LogP contribution in [0.25, 0.3) is 0 Å². The summed E-state index contributed by atoms with van der Waals surface area (Å²) in [6.07, 6.45) is 0. The predicted molar refractivity (Wildman–Crippen MR) is 118 cm³/mol. The van der Waals surface area contributed by atoms with Crippen LogP contribution in [-0.4, -0.2) is 75.4 Å². The summed E-state index contributed by atoms with van der Waals surface area (Å²) in [5, 5.41) is 3.28. The number of halogens is 1. The fourth-order valence-electron chi connectivity index (χ4n) is 3.22. The summed E-state index contributed by atoms with van der Waals surface area (Å²) in [5.74, 6) is 3.42. The number of nitrogens with zero attached hydrogens (tertiary/aromatic N) is 5. The Hall–Kier alpha value is -2.94. The number of carbonyl (C=O) groups is 1. The zero-order chi connectivity index (χ0) is 21.8. The van der Waals surface area contributed by atoms with Crippen LogP contribution in [-0.2, 0) is 0 Å². The molecular formula is C20H27ClN6O3. The number of anilines is 3. The van der Waals surface area contributed by atoms with E-state index in [0.717, 1.165) is 17.5 Å². The SMILES string of the molecule is COc1cc(OC)c(NC(=O)N2CCN(c3cc(N(C)C)nc(C)n3)CC2)cc1Cl. The Kier molecular flexibility index (Phi) is 6.71. The predicted octanol–water partition coefficient (Wildman–Crippen LogP) is 2.88. The van der Waals surface area contributed by atoms with E-state index in [-0.39, 0.29) is 6.03 Å².